The summed E-state index contributed by atoms with van der Waals surface area (Å²) in [5, 5.41) is 7.60. The van der Waals surface area contributed by atoms with E-state index < -0.39 is 5.82 Å². The molecule has 7 heteroatoms. The molecule has 0 spiro atoms. The second-order valence-electron chi connectivity index (χ2n) is 3.60. The summed E-state index contributed by atoms with van der Waals surface area (Å²) in [6.45, 7) is 0. The number of hydrogen-bond acceptors (Lipinski definition) is 3. The molecule has 3 rings (SSSR count). The molecule has 0 aliphatic carbocycles. The highest BCUT2D eigenvalue weighted by Gasteiger charge is 2.14. The van der Waals surface area contributed by atoms with Crippen molar-refractivity contribution in [3.63, 3.8) is 0 Å². The van der Waals surface area contributed by atoms with Gasteiger partial charge in [-0.2, -0.15) is 10.1 Å². The van der Waals surface area contributed by atoms with Crippen molar-refractivity contribution in [2.24, 2.45) is 0 Å². The highest BCUT2D eigenvalue weighted by Crippen LogP contribution is 2.32. The Labute approximate surface area is 111 Å². The number of aromatic amines is 1. The summed E-state index contributed by atoms with van der Waals surface area (Å²) in [5.74, 6) is -0.402. The van der Waals surface area contributed by atoms with Crippen LogP contribution < -0.4 is 0 Å². The van der Waals surface area contributed by atoms with E-state index in [1.807, 2.05) is 0 Å². The van der Waals surface area contributed by atoms with E-state index >= 15 is 0 Å². The SMILES string of the molecule is Fc1ccc(Cl)c(-c2nc(Cl)nc3[nH]ncc23)c1. The molecule has 3 aromatic rings. The minimum atomic E-state index is -0.402. The lowest BCUT2D eigenvalue weighted by atomic mass is 10.1. The number of fused-ring (bicyclic) bond motifs is 1. The van der Waals surface area contributed by atoms with Crippen molar-refractivity contribution < 1.29 is 4.39 Å². The van der Waals surface area contributed by atoms with Gasteiger partial charge >= 0.3 is 0 Å². The van der Waals surface area contributed by atoms with E-state index in [9.17, 15) is 4.39 Å². The molecule has 0 aliphatic heterocycles. The van der Waals surface area contributed by atoms with Gasteiger partial charge in [-0.3, -0.25) is 5.10 Å². The van der Waals surface area contributed by atoms with Gasteiger partial charge in [-0.1, -0.05) is 11.6 Å². The van der Waals surface area contributed by atoms with Gasteiger partial charge in [0.2, 0.25) is 5.28 Å². The molecule has 0 unspecified atom stereocenters. The van der Waals surface area contributed by atoms with E-state index in [-0.39, 0.29) is 5.28 Å². The van der Waals surface area contributed by atoms with E-state index in [1.54, 1.807) is 6.20 Å². The van der Waals surface area contributed by atoms with Gasteiger partial charge in [-0.25, -0.2) is 9.37 Å². The average molecular weight is 283 g/mol. The molecular formula is C11H5Cl2FN4. The summed E-state index contributed by atoms with van der Waals surface area (Å²) in [4.78, 5) is 8.06. The first-order valence-electron chi connectivity index (χ1n) is 4.97. The van der Waals surface area contributed by atoms with Gasteiger partial charge in [0.05, 0.1) is 22.3 Å². The first kappa shape index (κ1) is 11.4. The lowest BCUT2D eigenvalue weighted by Gasteiger charge is -2.05. The molecule has 0 saturated carbocycles. The Balaban J connectivity index is 2.37. The third-order valence-electron chi connectivity index (χ3n) is 2.47. The van der Waals surface area contributed by atoms with Crippen LogP contribution in [0.1, 0.15) is 0 Å². The zero-order valence-corrected chi connectivity index (χ0v) is 10.3. The third-order valence-corrected chi connectivity index (χ3v) is 2.96. The van der Waals surface area contributed by atoms with Crippen LogP contribution in [-0.2, 0) is 0 Å². The molecule has 0 saturated heterocycles. The van der Waals surface area contributed by atoms with E-state index in [1.165, 1.54) is 18.2 Å². The summed E-state index contributed by atoms with van der Waals surface area (Å²) in [6, 6.07) is 4.04. The number of halogens is 3. The van der Waals surface area contributed by atoms with Gasteiger partial charge in [-0.15, -0.1) is 0 Å². The van der Waals surface area contributed by atoms with Crippen LogP contribution in [0.5, 0.6) is 0 Å². The summed E-state index contributed by atoms with van der Waals surface area (Å²) in [7, 11) is 0. The molecule has 18 heavy (non-hydrogen) atoms. The summed E-state index contributed by atoms with van der Waals surface area (Å²) >= 11 is 11.9. The van der Waals surface area contributed by atoms with Gasteiger partial charge in [0.25, 0.3) is 0 Å². The number of H-pyrrole nitrogens is 1. The van der Waals surface area contributed by atoms with Crippen molar-refractivity contribution in [2.75, 3.05) is 0 Å². The van der Waals surface area contributed by atoms with Gasteiger partial charge in [0.15, 0.2) is 5.65 Å². The summed E-state index contributed by atoms with van der Waals surface area (Å²) < 4.78 is 13.3. The molecule has 0 bridgehead atoms. The highest BCUT2D eigenvalue weighted by molar-refractivity contribution is 6.33. The quantitative estimate of drug-likeness (QED) is 0.696. The molecule has 2 aromatic heterocycles. The van der Waals surface area contributed by atoms with Crippen molar-refractivity contribution in [1.29, 1.82) is 0 Å². The highest BCUT2D eigenvalue weighted by atomic mass is 35.5. The monoisotopic (exact) mass is 282 g/mol. The molecule has 2 heterocycles. The number of nitrogens with zero attached hydrogens (tertiary/aromatic N) is 3. The molecule has 0 radical (unpaired) electrons. The number of benzene rings is 1. The van der Waals surface area contributed by atoms with Crippen LogP contribution >= 0.6 is 23.2 Å². The smallest absolute Gasteiger partial charge is 0.224 e. The van der Waals surface area contributed by atoms with Gasteiger partial charge in [0.1, 0.15) is 5.82 Å². The molecule has 0 aliphatic rings. The fraction of sp³-hybridized carbons (Fsp3) is 0. The number of hydrogen-bond donors (Lipinski definition) is 1. The Morgan fingerprint density at radius 3 is 2.83 bits per heavy atom. The molecule has 0 amide bonds. The first-order chi connectivity index (χ1) is 8.65. The first-order valence-corrected chi connectivity index (χ1v) is 5.73. The van der Waals surface area contributed by atoms with Crippen LogP contribution in [0.2, 0.25) is 10.3 Å². The van der Waals surface area contributed by atoms with Crippen molar-refractivity contribution in [3.8, 4) is 11.3 Å². The van der Waals surface area contributed by atoms with E-state index in [4.69, 9.17) is 23.2 Å². The molecule has 90 valence electrons. The zero-order chi connectivity index (χ0) is 12.7. The largest absolute Gasteiger partial charge is 0.261 e. The second-order valence-corrected chi connectivity index (χ2v) is 4.34. The predicted octanol–water partition coefficient (Wildman–Crippen LogP) is 3.47. The molecule has 0 fully saturated rings. The molecular weight excluding hydrogens is 278 g/mol. The number of aromatic nitrogens is 4. The minimum absolute atomic E-state index is 0.0436. The normalized spacial score (nSPS) is 11.1. The molecule has 1 N–H and O–H groups in total. The standard InChI is InChI=1S/C11H5Cl2FN4/c12-8-2-1-5(14)3-6(8)9-7-4-15-18-10(7)17-11(13)16-9/h1-4H,(H,15,16,17,18). The lowest BCUT2D eigenvalue weighted by Crippen LogP contribution is -1.91. The second kappa shape index (κ2) is 4.19. The van der Waals surface area contributed by atoms with Crippen molar-refractivity contribution in [3.05, 3.63) is 40.5 Å². The van der Waals surface area contributed by atoms with E-state index in [0.717, 1.165) is 0 Å². The Morgan fingerprint density at radius 2 is 2.00 bits per heavy atom. The van der Waals surface area contributed by atoms with Crippen molar-refractivity contribution in [1.82, 2.24) is 20.2 Å². The molecule has 4 nitrogen and oxygen atoms in total. The van der Waals surface area contributed by atoms with E-state index in [0.29, 0.717) is 27.3 Å². The lowest BCUT2D eigenvalue weighted by molar-refractivity contribution is 0.628. The third kappa shape index (κ3) is 1.81. The number of nitrogens with one attached hydrogen (secondary N) is 1. The van der Waals surface area contributed by atoms with Gasteiger partial charge in [0, 0.05) is 5.56 Å². The summed E-state index contributed by atoms with van der Waals surface area (Å²) in [5.41, 5.74) is 1.38. The van der Waals surface area contributed by atoms with Crippen LogP contribution in [0.15, 0.2) is 24.4 Å². The Hall–Kier alpha value is -1.72. The van der Waals surface area contributed by atoms with Crippen LogP contribution in [0.4, 0.5) is 4.39 Å². The van der Waals surface area contributed by atoms with Gasteiger partial charge < -0.3 is 0 Å². The van der Waals surface area contributed by atoms with Crippen LogP contribution in [0.3, 0.4) is 0 Å². The molecule has 1 aromatic carbocycles. The molecule has 0 atom stereocenters. The zero-order valence-electron chi connectivity index (χ0n) is 8.78. The van der Waals surface area contributed by atoms with Crippen molar-refractivity contribution in [2.45, 2.75) is 0 Å². The maximum absolute atomic E-state index is 13.3. The predicted molar refractivity (Wildman–Crippen MR) is 67.1 cm³/mol. The maximum Gasteiger partial charge on any atom is 0.224 e. The Kier molecular flexibility index (Phi) is 2.65. The maximum atomic E-state index is 13.3. The summed E-state index contributed by atoms with van der Waals surface area (Å²) in [6.07, 6.45) is 1.54. The Morgan fingerprint density at radius 1 is 1.17 bits per heavy atom. The van der Waals surface area contributed by atoms with Gasteiger partial charge in [-0.05, 0) is 29.8 Å². The van der Waals surface area contributed by atoms with Crippen molar-refractivity contribution >= 4 is 34.2 Å². The van der Waals surface area contributed by atoms with E-state index in [2.05, 4.69) is 20.2 Å². The fourth-order valence-electron chi connectivity index (χ4n) is 1.69. The minimum Gasteiger partial charge on any atom is -0.261 e. The van der Waals surface area contributed by atoms with Crippen LogP contribution in [0.25, 0.3) is 22.3 Å². The van der Waals surface area contributed by atoms with Crippen LogP contribution in [0, 0.1) is 5.82 Å². The fourth-order valence-corrected chi connectivity index (χ4v) is 2.07. The average Bonchev–Trinajstić information content (AvgIpc) is 2.79. The topological polar surface area (TPSA) is 54.5 Å². The van der Waals surface area contributed by atoms with Crippen LogP contribution in [-0.4, -0.2) is 20.2 Å². The number of rotatable bonds is 1. The Bertz CT molecular complexity index is 741.